The molecule has 0 saturated carbocycles. The molecule has 5 heteroatoms. The smallest absolute Gasteiger partial charge is 0.274 e. The third-order valence-electron chi connectivity index (χ3n) is 6.20. The summed E-state index contributed by atoms with van der Waals surface area (Å²) in [5, 5.41) is 4.65. The fraction of sp³-hybridized carbons (Fsp3) is 0.591. The molecule has 1 aliphatic carbocycles. The minimum Gasteiger partial charge on any atom is -0.337 e. The van der Waals surface area contributed by atoms with E-state index in [1.165, 1.54) is 42.5 Å². The van der Waals surface area contributed by atoms with Gasteiger partial charge in [-0.1, -0.05) is 6.07 Å². The summed E-state index contributed by atoms with van der Waals surface area (Å²) in [6.07, 6.45) is 14.0. The van der Waals surface area contributed by atoms with E-state index in [0.29, 0.717) is 5.92 Å². The molecule has 27 heavy (non-hydrogen) atoms. The van der Waals surface area contributed by atoms with Gasteiger partial charge in [0.25, 0.3) is 5.91 Å². The van der Waals surface area contributed by atoms with Gasteiger partial charge in [-0.2, -0.15) is 5.10 Å². The number of pyridine rings is 1. The van der Waals surface area contributed by atoms with Gasteiger partial charge in [0, 0.05) is 43.8 Å². The van der Waals surface area contributed by atoms with Gasteiger partial charge in [-0.15, -0.1) is 0 Å². The Morgan fingerprint density at radius 3 is 2.89 bits per heavy atom. The Morgan fingerprint density at radius 1 is 1.26 bits per heavy atom. The predicted molar refractivity (Wildman–Crippen MR) is 106 cm³/mol. The number of aryl methyl sites for hydroxylation is 2. The molecule has 0 aromatic carbocycles. The van der Waals surface area contributed by atoms with E-state index in [1.807, 2.05) is 35.1 Å². The fourth-order valence-corrected chi connectivity index (χ4v) is 4.67. The number of likely N-dealkylation sites (tertiary alicyclic amines) is 1. The summed E-state index contributed by atoms with van der Waals surface area (Å²) >= 11 is 0. The number of nitrogens with zero attached hydrogens (tertiary/aromatic N) is 4. The van der Waals surface area contributed by atoms with Crippen LogP contribution in [-0.2, 0) is 26.3 Å². The second kappa shape index (κ2) is 8.24. The molecular weight excluding hydrogens is 336 g/mol. The first kappa shape index (κ1) is 18.2. The van der Waals surface area contributed by atoms with Gasteiger partial charge in [-0.25, -0.2) is 0 Å². The fourth-order valence-electron chi connectivity index (χ4n) is 4.67. The van der Waals surface area contributed by atoms with Crippen LogP contribution in [-0.4, -0.2) is 38.7 Å². The van der Waals surface area contributed by atoms with Crippen LogP contribution < -0.4 is 0 Å². The topological polar surface area (TPSA) is 51.0 Å². The first-order valence-corrected chi connectivity index (χ1v) is 10.5. The van der Waals surface area contributed by atoms with Gasteiger partial charge in [-0.3, -0.25) is 14.5 Å². The highest BCUT2D eigenvalue weighted by Gasteiger charge is 2.30. The van der Waals surface area contributed by atoms with E-state index in [2.05, 4.69) is 16.1 Å². The van der Waals surface area contributed by atoms with Crippen molar-refractivity contribution >= 4 is 5.91 Å². The van der Waals surface area contributed by atoms with Crippen LogP contribution in [0.3, 0.4) is 0 Å². The molecule has 3 heterocycles. The van der Waals surface area contributed by atoms with Crippen molar-refractivity contribution in [1.29, 1.82) is 0 Å². The maximum absolute atomic E-state index is 13.0. The number of carbonyl (C=O) groups excluding carboxylic acids is 1. The van der Waals surface area contributed by atoms with Gasteiger partial charge in [-0.05, 0) is 75.3 Å². The number of hydrogen-bond acceptors (Lipinski definition) is 3. The van der Waals surface area contributed by atoms with Crippen molar-refractivity contribution in [3.8, 4) is 0 Å². The molecule has 144 valence electrons. The van der Waals surface area contributed by atoms with Gasteiger partial charge >= 0.3 is 0 Å². The van der Waals surface area contributed by atoms with E-state index >= 15 is 0 Å². The van der Waals surface area contributed by atoms with E-state index < -0.39 is 0 Å². The van der Waals surface area contributed by atoms with Crippen LogP contribution in [0.15, 0.2) is 24.5 Å². The van der Waals surface area contributed by atoms with E-state index in [1.54, 1.807) is 0 Å². The second-order valence-corrected chi connectivity index (χ2v) is 8.11. The number of rotatable bonds is 5. The Hall–Kier alpha value is -2.17. The molecule has 1 aliphatic heterocycles. The van der Waals surface area contributed by atoms with Crippen molar-refractivity contribution in [1.82, 2.24) is 19.7 Å². The lowest BCUT2D eigenvalue weighted by molar-refractivity contribution is 0.0716. The molecule has 0 radical (unpaired) electrons. The largest absolute Gasteiger partial charge is 0.337 e. The van der Waals surface area contributed by atoms with E-state index in [-0.39, 0.29) is 5.91 Å². The van der Waals surface area contributed by atoms with Crippen LogP contribution in [0.4, 0.5) is 0 Å². The summed E-state index contributed by atoms with van der Waals surface area (Å²) in [7, 11) is 1.99. The molecule has 0 bridgehead atoms. The molecule has 1 fully saturated rings. The summed E-state index contributed by atoms with van der Waals surface area (Å²) in [5.74, 6) is 0.814. The SMILES string of the molecule is Cn1nc(C(=O)N2CCCCC2)c2c1CCC(CCCc1cccnc1)C2. The molecule has 2 aromatic heterocycles. The molecule has 1 atom stereocenters. The molecule has 1 unspecified atom stereocenters. The van der Waals surface area contributed by atoms with Gasteiger partial charge in [0.05, 0.1) is 0 Å². The average Bonchev–Trinajstić information content (AvgIpc) is 3.05. The zero-order valence-corrected chi connectivity index (χ0v) is 16.4. The number of amides is 1. The minimum atomic E-state index is 0.155. The predicted octanol–water partition coefficient (Wildman–Crippen LogP) is 3.57. The molecule has 0 spiro atoms. The molecule has 1 saturated heterocycles. The minimum absolute atomic E-state index is 0.155. The zero-order valence-electron chi connectivity index (χ0n) is 16.4. The summed E-state index contributed by atoms with van der Waals surface area (Å²) in [6, 6.07) is 4.17. The first-order valence-electron chi connectivity index (χ1n) is 10.5. The van der Waals surface area contributed by atoms with Crippen molar-refractivity contribution in [2.24, 2.45) is 13.0 Å². The lowest BCUT2D eigenvalue weighted by atomic mass is 9.83. The third kappa shape index (κ3) is 4.07. The highest BCUT2D eigenvalue weighted by molar-refractivity contribution is 5.94. The lowest BCUT2D eigenvalue weighted by Crippen LogP contribution is -2.36. The normalized spacial score (nSPS) is 19.7. The standard InChI is InChI=1S/C22H30N4O/c1-25-20-11-10-17(7-5-8-18-9-6-12-23-16-18)15-19(20)21(24-25)22(27)26-13-3-2-4-14-26/h6,9,12,16-17H,2-5,7-8,10-11,13-15H2,1H3. The average molecular weight is 367 g/mol. The van der Waals surface area contributed by atoms with E-state index in [0.717, 1.165) is 50.9 Å². The summed E-state index contributed by atoms with van der Waals surface area (Å²) in [4.78, 5) is 19.3. The molecule has 4 rings (SSSR count). The van der Waals surface area contributed by atoms with Gasteiger partial charge in [0.15, 0.2) is 5.69 Å². The second-order valence-electron chi connectivity index (χ2n) is 8.11. The zero-order chi connectivity index (χ0) is 18.6. The Kier molecular flexibility index (Phi) is 5.55. The van der Waals surface area contributed by atoms with Gasteiger partial charge in [0.2, 0.25) is 0 Å². The van der Waals surface area contributed by atoms with Crippen molar-refractivity contribution < 1.29 is 4.79 Å². The van der Waals surface area contributed by atoms with Crippen molar-refractivity contribution in [3.63, 3.8) is 0 Å². The number of hydrogen-bond donors (Lipinski definition) is 0. The summed E-state index contributed by atoms with van der Waals surface area (Å²) < 4.78 is 1.96. The number of carbonyl (C=O) groups is 1. The van der Waals surface area contributed by atoms with Crippen LogP contribution in [0.1, 0.15) is 65.8 Å². The molecule has 1 amide bonds. The number of piperidine rings is 1. The van der Waals surface area contributed by atoms with Crippen molar-refractivity contribution in [2.45, 2.75) is 57.8 Å². The van der Waals surface area contributed by atoms with Crippen molar-refractivity contribution in [2.75, 3.05) is 13.1 Å². The number of fused-ring (bicyclic) bond motifs is 1. The van der Waals surface area contributed by atoms with Crippen LogP contribution in [0.25, 0.3) is 0 Å². The van der Waals surface area contributed by atoms with Crippen LogP contribution in [0.5, 0.6) is 0 Å². The highest BCUT2D eigenvalue weighted by Crippen LogP contribution is 2.31. The highest BCUT2D eigenvalue weighted by atomic mass is 16.2. The lowest BCUT2D eigenvalue weighted by Gasteiger charge is -2.27. The van der Waals surface area contributed by atoms with Crippen LogP contribution in [0, 0.1) is 5.92 Å². The van der Waals surface area contributed by atoms with Gasteiger partial charge < -0.3 is 4.90 Å². The Bertz CT molecular complexity index is 777. The Morgan fingerprint density at radius 2 is 2.11 bits per heavy atom. The molecule has 5 nitrogen and oxygen atoms in total. The van der Waals surface area contributed by atoms with Gasteiger partial charge in [0.1, 0.15) is 0 Å². The van der Waals surface area contributed by atoms with Crippen molar-refractivity contribution in [3.05, 3.63) is 47.0 Å². The first-order chi connectivity index (χ1) is 13.2. The van der Waals surface area contributed by atoms with E-state index in [9.17, 15) is 4.79 Å². The molecular formula is C22H30N4O. The van der Waals surface area contributed by atoms with Crippen LogP contribution >= 0.6 is 0 Å². The van der Waals surface area contributed by atoms with E-state index in [4.69, 9.17) is 0 Å². The number of aromatic nitrogens is 3. The molecule has 2 aliphatic rings. The summed E-state index contributed by atoms with van der Waals surface area (Å²) in [6.45, 7) is 1.78. The Balaban J connectivity index is 1.41. The third-order valence-corrected chi connectivity index (χ3v) is 6.20. The maximum atomic E-state index is 13.0. The quantitative estimate of drug-likeness (QED) is 0.813. The molecule has 2 aromatic rings. The molecule has 0 N–H and O–H groups in total. The Labute approximate surface area is 161 Å². The summed E-state index contributed by atoms with van der Waals surface area (Å²) in [5.41, 5.74) is 4.55. The maximum Gasteiger partial charge on any atom is 0.274 e. The monoisotopic (exact) mass is 366 g/mol. The van der Waals surface area contributed by atoms with Crippen LogP contribution in [0.2, 0.25) is 0 Å².